The van der Waals surface area contributed by atoms with E-state index in [0.717, 1.165) is 23.7 Å². The third-order valence-corrected chi connectivity index (χ3v) is 4.10. The zero-order valence-corrected chi connectivity index (χ0v) is 13.5. The van der Waals surface area contributed by atoms with Crippen LogP contribution >= 0.6 is 0 Å². The van der Waals surface area contributed by atoms with Crippen molar-refractivity contribution in [3.63, 3.8) is 0 Å². The lowest BCUT2D eigenvalue weighted by Gasteiger charge is -2.22. The molecule has 7 nitrogen and oxygen atoms in total. The number of nitrogens with zero attached hydrogens (tertiary/aromatic N) is 2. The number of amides is 1. The Hall–Kier alpha value is -3.22. The third-order valence-electron chi connectivity index (χ3n) is 4.10. The van der Waals surface area contributed by atoms with Crippen molar-refractivity contribution in [1.82, 2.24) is 0 Å². The first-order valence-electron chi connectivity index (χ1n) is 7.79. The van der Waals surface area contributed by atoms with E-state index in [4.69, 9.17) is 4.74 Å². The summed E-state index contributed by atoms with van der Waals surface area (Å²) in [6.45, 7) is 1.51. The summed E-state index contributed by atoms with van der Waals surface area (Å²) in [6.07, 6.45) is 0.751. The lowest BCUT2D eigenvalue weighted by Crippen LogP contribution is -2.38. The molecule has 1 heterocycles. The number of anilines is 1. The number of benzene rings is 2. The number of fused-ring (bicyclic) bond motifs is 1. The van der Waals surface area contributed by atoms with Gasteiger partial charge in [-0.1, -0.05) is 24.3 Å². The molecule has 0 radical (unpaired) electrons. The van der Waals surface area contributed by atoms with Gasteiger partial charge in [-0.2, -0.15) is 0 Å². The lowest BCUT2D eigenvalue weighted by molar-refractivity contribution is -0.384. The first kappa shape index (κ1) is 16.6. The number of carbonyl (C=O) groups is 2. The molecule has 0 fully saturated rings. The van der Waals surface area contributed by atoms with Crippen LogP contribution in [0.25, 0.3) is 0 Å². The van der Waals surface area contributed by atoms with Gasteiger partial charge in [0.05, 0.1) is 10.5 Å². The predicted molar refractivity (Wildman–Crippen MR) is 90.5 cm³/mol. The van der Waals surface area contributed by atoms with E-state index < -0.39 is 17.5 Å². The van der Waals surface area contributed by atoms with Gasteiger partial charge in [0.15, 0.2) is 6.61 Å². The van der Waals surface area contributed by atoms with Crippen molar-refractivity contribution in [1.29, 1.82) is 0 Å². The Morgan fingerprint density at radius 3 is 2.76 bits per heavy atom. The van der Waals surface area contributed by atoms with E-state index in [0.29, 0.717) is 0 Å². The highest BCUT2D eigenvalue weighted by molar-refractivity contribution is 5.99. The maximum absolute atomic E-state index is 12.5. The van der Waals surface area contributed by atoms with Gasteiger partial charge in [-0.3, -0.25) is 14.9 Å². The minimum Gasteiger partial charge on any atom is -0.452 e. The molecule has 2 aromatic rings. The molecule has 0 N–H and O–H groups in total. The average Bonchev–Trinajstić information content (AvgIpc) is 2.95. The second-order valence-electron chi connectivity index (χ2n) is 5.83. The van der Waals surface area contributed by atoms with Crippen molar-refractivity contribution in [2.75, 3.05) is 11.5 Å². The SMILES string of the molecule is CC1Cc2ccccc2N1C(=O)COC(=O)c1cccc([N+](=O)[O-])c1. The molecule has 0 aliphatic carbocycles. The molecular weight excluding hydrogens is 324 g/mol. The van der Waals surface area contributed by atoms with Crippen molar-refractivity contribution in [3.8, 4) is 0 Å². The number of hydrogen-bond acceptors (Lipinski definition) is 5. The minimum atomic E-state index is -0.766. The molecule has 0 spiro atoms. The van der Waals surface area contributed by atoms with Crippen molar-refractivity contribution in [2.45, 2.75) is 19.4 Å². The fourth-order valence-corrected chi connectivity index (χ4v) is 2.97. The van der Waals surface area contributed by atoms with Crippen LogP contribution in [0.4, 0.5) is 11.4 Å². The van der Waals surface area contributed by atoms with Crippen molar-refractivity contribution in [3.05, 3.63) is 69.8 Å². The normalized spacial score (nSPS) is 15.6. The fraction of sp³-hybridized carbons (Fsp3) is 0.222. The van der Waals surface area contributed by atoms with E-state index in [1.165, 1.54) is 18.2 Å². The van der Waals surface area contributed by atoms with Gasteiger partial charge < -0.3 is 9.64 Å². The molecule has 1 unspecified atom stereocenters. The Morgan fingerprint density at radius 2 is 2.00 bits per heavy atom. The quantitative estimate of drug-likeness (QED) is 0.485. The Balaban J connectivity index is 1.67. The number of nitro benzene ring substituents is 1. The Kier molecular flexibility index (Phi) is 4.47. The summed E-state index contributed by atoms with van der Waals surface area (Å²) in [7, 11) is 0. The number of esters is 1. The van der Waals surface area contributed by atoms with Crippen LogP contribution in [-0.2, 0) is 16.0 Å². The fourth-order valence-electron chi connectivity index (χ4n) is 2.97. The maximum atomic E-state index is 12.5. The topological polar surface area (TPSA) is 89.8 Å². The Labute approximate surface area is 144 Å². The van der Waals surface area contributed by atoms with Gasteiger partial charge in [-0.15, -0.1) is 0 Å². The Morgan fingerprint density at radius 1 is 1.24 bits per heavy atom. The number of carbonyl (C=O) groups excluding carboxylic acids is 2. The standard InChI is InChI=1S/C18H16N2O5/c1-12-9-13-5-2-3-8-16(13)19(12)17(21)11-25-18(22)14-6-4-7-15(10-14)20(23)24/h2-8,10,12H,9,11H2,1H3. The van der Waals surface area contributed by atoms with Crippen molar-refractivity contribution >= 4 is 23.3 Å². The summed E-state index contributed by atoms with van der Waals surface area (Å²) in [5.41, 5.74) is 1.74. The second-order valence-corrected chi connectivity index (χ2v) is 5.83. The van der Waals surface area contributed by atoms with Gasteiger partial charge in [-0.25, -0.2) is 4.79 Å². The van der Waals surface area contributed by atoms with E-state index in [-0.39, 0.29) is 23.2 Å². The molecule has 7 heteroatoms. The summed E-state index contributed by atoms with van der Waals surface area (Å²) in [6, 6.07) is 12.8. The largest absolute Gasteiger partial charge is 0.452 e. The van der Waals surface area contributed by atoms with Crippen LogP contribution in [0, 0.1) is 10.1 Å². The number of nitro groups is 1. The van der Waals surface area contributed by atoms with E-state index in [9.17, 15) is 19.7 Å². The van der Waals surface area contributed by atoms with Gasteiger partial charge >= 0.3 is 5.97 Å². The molecule has 0 saturated carbocycles. The zero-order valence-electron chi connectivity index (χ0n) is 13.5. The van der Waals surface area contributed by atoms with E-state index in [2.05, 4.69) is 0 Å². The van der Waals surface area contributed by atoms with E-state index in [1.54, 1.807) is 4.90 Å². The summed E-state index contributed by atoms with van der Waals surface area (Å²) in [5, 5.41) is 10.8. The first-order valence-corrected chi connectivity index (χ1v) is 7.79. The van der Waals surface area contributed by atoms with Crippen LogP contribution in [-0.4, -0.2) is 29.4 Å². The van der Waals surface area contributed by atoms with Gasteiger partial charge in [-0.05, 0) is 31.0 Å². The molecule has 2 aromatic carbocycles. The van der Waals surface area contributed by atoms with Crippen LogP contribution in [0.3, 0.4) is 0 Å². The highest BCUT2D eigenvalue weighted by Crippen LogP contribution is 2.31. The van der Waals surface area contributed by atoms with E-state index in [1.807, 2.05) is 31.2 Å². The second kappa shape index (κ2) is 6.72. The molecule has 1 aliphatic heterocycles. The third kappa shape index (κ3) is 3.35. The number of non-ortho nitro benzene ring substituents is 1. The molecule has 128 valence electrons. The van der Waals surface area contributed by atoms with Gasteiger partial charge in [0.2, 0.25) is 0 Å². The molecule has 0 aromatic heterocycles. The van der Waals surface area contributed by atoms with Gasteiger partial charge in [0, 0.05) is 23.9 Å². The maximum Gasteiger partial charge on any atom is 0.338 e. The minimum absolute atomic E-state index is 0.0126. The highest BCUT2D eigenvalue weighted by atomic mass is 16.6. The predicted octanol–water partition coefficient (Wildman–Crippen LogP) is 2.73. The summed E-state index contributed by atoms with van der Waals surface area (Å²) in [5.74, 6) is -1.09. The number of para-hydroxylation sites is 1. The number of ether oxygens (including phenoxy) is 1. The molecule has 1 atom stereocenters. The lowest BCUT2D eigenvalue weighted by atomic mass is 10.1. The van der Waals surface area contributed by atoms with Crippen LogP contribution in [0.1, 0.15) is 22.8 Å². The monoisotopic (exact) mass is 340 g/mol. The van der Waals surface area contributed by atoms with Crippen LogP contribution in [0.15, 0.2) is 48.5 Å². The zero-order chi connectivity index (χ0) is 18.0. The Bertz CT molecular complexity index is 849. The molecule has 3 rings (SSSR count). The van der Waals surface area contributed by atoms with Gasteiger partial charge in [0.1, 0.15) is 0 Å². The van der Waals surface area contributed by atoms with E-state index >= 15 is 0 Å². The van der Waals surface area contributed by atoms with Crippen LogP contribution in [0.2, 0.25) is 0 Å². The highest BCUT2D eigenvalue weighted by Gasteiger charge is 2.31. The van der Waals surface area contributed by atoms with Crippen molar-refractivity contribution < 1.29 is 19.2 Å². The average molecular weight is 340 g/mol. The number of hydrogen-bond donors (Lipinski definition) is 0. The molecule has 0 saturated heterocycles. The summed E-state index contributed by atoms with van der Waals surface area (Å²) < 4.78 is 5.05. The molecule has 1 amide bonds. The van der Waals surface area contributed by atoms with Crippen LogP contribution in [0.5, 0.6) is 0 Å². The van der Waals surface area contributed by atoms with Crippen LogP contribution < -0.4 is 4.90 Å². The molecule has 25 heavy (non-hydrogen) atoms. The molecular formula is C18H16N2O5. The van der Waals surface area contributed by atoms with Crippen molar-refractivity contribution in [2.24, 2.45) is 0 Å². The smallest absolute Gasteiger partial charge is 0.338 e. The molecule has 1 aliphatic rings. The number of rotatable bonds is 4. The summed E-state index contributed by atoms with van der Waals surface area (Å²) >= 11 is 0. The molecule has 0 bridgehead atoms. The summed E-state index contributed by atoms with van der Waals surface area (Å²) in [4.78, 5) is 36.3. The van der Waals surface area contributed by atoms with Gasteiger partial charge in [0.25, 0.3) is 11.6 Å². The first-order chi connectivity index (χ1) is 12.0.